The highest BCUT2D eigenvalue weighted by atomic mass is 16.2. The second-order valence-electron chi connectivity index (χ2n) is 8.84. The highest BCUT2D eigenvalue weighted by molar-refractivity contribution is 5.95. The molecule has 1 saturated carbocycles. The lowest BCUT2D eigenvalue weighted by Gasteiger charge is -2.36. The van der Waals surface area contributed by atoms with Gasteiger partial charge in [0.2, 0.25) is 5.91 Å². The van der Waals surface area contributed by atoms with Gasteiger partial charge in [0.25, 0.3) is 5.91 Å². The molecule has 2 aromatic rings. The number of benzene rings is 1. The van der Waals surface area contributed by atoms with Gasteiger partial charge in [-0.05, 0) is 50.5 Å². The zero-order valence-corrected chi connectivity index (χ0v) is 18.3. The summed E-state index contributed by atoms with van der Waals surface area (Å²) in [5.41, 5.74) is 2.21. The van der Waals surface area contributed by atoms with Gasteiger partial charge in [0, 0.05) is 25.7 Å². The fourth-order valence-electron chi connectivity index (χ4n) is 4.88. The van der Waals surface area contributed by atoms with Gasteiger partial charge in [-0.15, -0.1) is 0 Å². The van der Waals surface area contributed by atoms with Crippen molar-refractivity contribution in [3.05, 3.63) is 59.2 Å². The molecule has 31 heavy (non-hydrogen) atoms. The van der Waals surface area contributed by atoms with Crippen LogP contribution >= 0.6 is 0 Å². The molecule has 4 rings (SSSR count). The number of aryl methyl sites for hydroxylation is 1. The summed E-state index contributed by atoms with van der Waals surface area (Å²) >= 11 is 0. The van der Waals surface area contributed by atoms with E-state index in [4.69, 9.17) is 0 Å². The van der Waals surface area contributed by atoms with Crippen LogP contribution in [0.25, 0.3) is 0 Å². The third-order valence-corrected chi connectivity index (χ3v) is 6.56. The van der Waals surface area contributed by atoms with Crippen molar-refractivity contribution in [1.29, 1.82) is 0 Å². The number of nitrogens with one attached hydrogen (secondary N) is 1. The molecule has 1 aromatic carbocycles. The average Bonchev–Trinajstić information content (AvgIpc) is 3.31. The minimum absolute atomic E-state index is 0.151. The third-order valence-electron chi connectivity index (χ3n) is 6.56. The number of carbonyl (C=O) groups is 2. The van der Waals surface area contributed by atoms with Gasteiger partial charge in [0.1, 0.15) is 5.82 Å². The number of hydrogen-bond donors (Lipinski definition) is 1. The van der Waals surface area contributed by atoms with Crippen molar-refractivity contribution in [1.82, 2.24) is 20.2 Å². The first-order valence-electron chi connectivity index (χ1n) is 11.6. The van der Waals surface area contributed by atoms with Crippen LogP contribution in [-0.4, -0.2) is 33.2 Å². The topological polar surface area (TPSA) is 75.2 Å². The smallest absolute Gasteiger partial charge is 0.255 e. The third kappa shape index (κ3) is 5.30. The van der Waals surface area contributed by atoms with E-state index in [2.05, 4.69) is 15.3 Å². The van der Waals surface area contributed by atoms with Crippen molar-refractivity contribution in [3.63, 3.8) is 0 Å². The van der Waals surface area contributed by atoms with E-state index in [1.807, 2.05) is 42.2 Å². The number of carbonyl (C=O) groups excluding carboxylic acids is 2. The highest BCUT2D eigenvalue weighted by Crippen LogP contribution is 2.34. The molecule has 0 radical (unpaired) electrons. The molecule has 6 nitrogen and oxygen atoms in total. The lowest BCUT2D eigenvalue weighted by molar-refractivity contribution is -0.136. The van der Waals surface area contributed by atoms with E-state index in [0.717, 1.165) is 44.2 Å². The minimum atomic E-state index is -0.187. The first-order chi connectivity index (χ1) is 15.1. The molecule has 2 amide bonds. The van der Waals surface area contributed by atoms with Gasteiger partial charge in [0.05, 0.1) is 17.3 Å². The molecule has 1 aliphatic carbocycles. The van der Waals surface area contributed by atoms with Crippen LogP contribution in [0.1, 0.15) is 84.8 Å². The normalized spacial score (nSPS) is 19.4. The Kier molecular flexibility index (Phi) is 6.95. The van der Waals surface area contributed by atoms with E-state index >= 15 is 0 Å². The molecular formula is C25H32N4O2. The number of hydrogen-bond acceptors (Lipinski definition) is 4. The van der Waals surface area contributed by atoms with Crippen LogP contribution in [0.2, 0.25) is 0 Å². The van der Waals surface area contributed by atoms with Crippen LogP contribution in [0.4, 0.5) is 0 Å². The van der Waals surface area contributed by atoms with Crippen molar-refractivity contribution in [3.8, 4) is 0 Å². The quantitative estimate of drug-likeness (QED) is 0.754. The fraction of sp³-hybridized carbons (Fsp3) is 0.520. The average molecular weight is 421 g/mol. The SMILES string of the molecule is Cc1ncc(C(=O)NCc2ccccc2)c([C@H]2CCCCN2C(=O)CC2CCCC2)n1. The monoisotopic (exact) mass is 420 g/mol. The molecule has 2 fully saturated rings. The van der Waals surface area contributed by atoms with Gasteiger partial charge < -0.3 is 10.2 Å². The van der Waals surface area contributed by atoms with Crippen molar-refractivity contribution in [2.24, 2.45) is 5.92 Å². The second-order valence-corrected chi connectivity index (χ2v) is 8.84. The van der Waals surface area contributed by atoms with E-state index in [1.165, 1.54) is 12.8 Å². The first kappa shape index (κ1) is 21.5. The Labute approximate surface area is 184 Å². The van der Waals surface area contributed by atoms with Crippen LogP contribution in [0.3, 0.4) is 0 Å². The van der Waals surface area contributed by atoms with Gasteiger partial charge in [-0.25, -0.2) is 9.97 Å². The Morgan fingerprint density at radius 2 is 1.81 bits per heavy atom. The van der Waals surface area contributed by atoms with Gasteiger partial charge in [-0.1, -0.05) is 43.2 Å². The van der Waals surface area contributed by atoms with E-state index in [-0.39, 0.29) is 17.9 Å². The Hall–Kier alpha value is -2.76. The standard InChI is InChI=1S/C25H32N4O2/c1-18-26-17-21(25(31)27-16-20-11-3-2-4-12-20)24(28-18)22-13-7-8-14-29(22)23(30)15-19-9-5-6-10-19/h2-4,11-12,17,19,22H,5-10,13-16H2,1H3,(H,27,31)/t22-/m1/s1. The molecule has 6 heteroatoms. The Bertz CT molecular complexity index is 909. The summed E-state index contributed by atoms with van der Waals surface area (Å²) in [4.78, 5) is 37.2. The van der Waals surface area contributed by atoms with Gasteiger partial charge in [0.15, 0.2) is 0 Å². The summed E-state index contributed by atoms with van der Waals surface area (Å²) in [5.74, 6) is 1.16. The largest absolute Gasteiger partial charge is 0.348 e. The zero-order valence-electron chi connectivity index (χ0n) is 18.3. The van der Waals surface area contributed by atoms with Gasteiger partial charge in [-0.2, -0.15) is 0 Å². The van der Waals surface area contributed by atoms with E-state index in [1.54, 1.807) is 6.20 Å². The minimum Gasteiger partial charge on any atom is -0.348 e. The van der Waals surface area contributed by atoms with E-state index in [0.29, 0.717) is 36.0 Å². The molecule has 1 aliphatic heterocycles. The molecular weight excluding hydrogens is 388 g/mol. The summed E-state index contributed by atoms with van der Waals surface area (Å²) in [6.45, 7) is 3.02. The maximum absolute atomic E-state index is 13.2. The molecule has 0 spiro atoms. The number of likely N-dealkylation sites (tertiary alicyclic amines) is 1. The zero-order chi connectivity index (χ0) is 21.6. The summed E-state index contributed by atoms with van der Waals surface area (Å²) in [7, 11) is 0. The maximum Gasteiger partial charge on any atom is 0.255 e. The Balaban J connectivity index is 1.54. The number of amides is 2. The molecule has 1 N–H and O–H groups in total. The number of piperidine rings is 1. The molecule has 1 aromatic heterocycles. The Morgan fingerprint density at radius 3 is 2.58 bits per heavy atom. The predicted octanol–water partition coefficient (Wildman–Crippen LogP) is 4.35. The fourth-order valence-corrected chi connectivity index (χ4v) is 4.88. The molecule has 2 aliphatic rings. The van der Waals surface area contributed by atoms with Crippen LogP contribution in [-0.2, 0) is 11.3 Å². The molecule has 0 bridgehead atoms. The van der Waals surface area contributed by atoms with Crippen LogP contribution in [0.5, 0.6) is 0 Å². The lowest BCUT2D eigenvalue weighted by Crippen LogP contribution is -2.40. The van der Waals surface area contributed by atoms with Crippen LogP contribution < -0.4 is 5.32 Å². The highest BCUT2D eigenvalue weighted by Gasteiger charge is 2.33. The molecule has 0 unspecified atom stereocenters. The van der Waals surface area contributed by atoms with E-state index in [9.17, 15) is 9.59 Å². The second kappa shape index (κ2) is 10.0. The van der Waals surface area contributed by atoms with Crippen molar-refractivity contribution in [2.45, 2.75) is 70.9 Å². The molecule has 1 saturated heterocycles. The molecule has 2 heterocycles. The predicted molar refractivity (Wildman–Crippen MR) is 119 cm³/mol. The summed E-state index contributed by atoms with van der Waals surface area (Å²) in [6, 6.07) is 9.68. The summed E-state index contributed by atoms with van der Waals surface area (Å²) in [5, 5.41) is 2.99. The number of nitrogens with zero attached hydrogens (tertiary/aromatic N) is 3. The van der Waals surface area contributed by atoms with Crippen LogP contribution in [0, 0.1) is 12.8 Å². The van der Waals surface area contributed by atoms with E-state index < -0.39 is 0 Å². The lowest BCUT2D eigenvalue weighted by atomic mass is 9.94. The van der Waals surface area contributed by atoms with Crippen molar-refractivity contribution in [2.75, 3.05) is 6.54 Å². The van der Waals surface area contributed by atoms with Gasteiger partial charge >= 0.3 is 0 Å². The molecule has 1 atom stereocenters. The summed E-state index contributed by atoms with van der Waals surface area (Å²) in [6.07, 6.45) is 9.90. The molecule has 164 valence electrons. The maximum atomic E-state index is 13.2. The van der Waals surface area contributed by atoms with Crippen LogP contribution in [0.15, 0.2) is 36.5 Å². The number of aromatic nitrogens is 2. The van der Waals surface area contributed by atoms with Crippen molar-refractivity contribution < 1.29 is 9.59 Å². The first-order valence-corrected chi connectivity index (χ1v) is 11.6. The number of rotatable bonds is 6. The van der Waals surface area contributed by atoms with Crippen molar-refractivity contribution >= 4 is 11.8 Å². The van der Waals surface area contributed by atoms with Gasteiger partial charge in [-0.3, -0.25) is 9.59 Å². The summed E-state index contributed by atoms with van der Waals surface area (Å²) < 4.78 is 0. The Morgan fingerprint density at radius 1 is 1.06 bits per heavy atom.